The molecule has 7 nitrogen and oxygen atoms in total. The van der Waals surface area contributed by atoms with Gasteiger partial charge >= 0.3 is 0 Å². The molecule has 146 valence electrons. The standard InChI is InChI=1S/C19H24N2O5S/c1-5-17(19(22)20-16-8-6-7-9-18(16)26-3)21(27(4,23)24)14-10-12-15(25-2)13-11-14/h6-13,17H,5H2,1-4H3,(H,20,22)/t17-/m0/s1. The first-order chi connectivity index (χ1) is 12.8. The summed E-state index contributed by atoms with van der Waals surface area (Å²) in [5.74, 6) is 0.651. The summed E-state index contributed by atoms with van der Waals surface area (Å²) < 4.78 is 36.4. The number of sulfonamides is 1. The topological polar surface area (TPSA) is 84.9 Å². The number of amides is 1. The number of carbonyl (C=O) groups is 1. The predicted octanol–water partition coefficient (Wildman–Crippen LogP) is 2.89. The molecule has 1 N–H and O–H groups in total. The largest absolute Gasteiger partial charge is 0.497 e. The molecule has 0 radical (unpaired) electrons. The third-order valence-corrected chi connectivity index (χ3v) is 5.20. The maximum atomic E-state index is 12.9. The number of benzene rings is 2. The van der Waals surface area contributed by atoms with E-state index in [0.29, 0.717) is 29.3 Å². The lowest BCUT2D eigenvalue weighted by Gasteiger charge is -2.30. The molecular formula is C19H24N2O5S. The molecule has 8 heteroatoms. The van der Waals surface area contributed by atoms with Crippen LogP contribution in [0.4, 0.5) is 11.4 Å². The van der Waals surface area contributed by atoms with E-state index in [4.69, 9.17) is 9.47 Å². The molecule has 1 amide bonds. The van der Waals surface area contributed by atoms with Crippen LogP contribution < -0.4 is 19.1 Å². The lowest BCUT2D eigenvalue weighted by molar-refractivity contribution is -0.117. The third-order valence-electron chi connectivity index (χ3n) is 4.02. The van der Waals surface area contributed by atoms with Crippen LogP contribution in [0, 0.1) is 0 Å². The Balaban J connectivity index is 2.38. The molecule has 2 rings (SSSR count). The molecule has 0 saturated heterocycles. The zero-order chi connectivity index (χ0) is 20.0. The van der Waals surface area contributed by atoms with E-state index in [1.54, 1.807) is 55.5 Å². The molecule has 0 saturated carbocycles. The van der Waals surface area contributed by atoms with E-state index in [1.165, 1.54) is 14.2 Å². The summed E-state index contributed by atoms with van der Waals surface area (Å²) in [6.07, 6.45) is 1.37. The fraction of sp³-hybridized carbons (Fsp3) is 0.316. The van der Waals surface area contributed by atoms with Gasteiger partial charge in [0, 0.05) is 0 Å². The van der Waals surface area contributed by atoms with E-state index in [9.17, 15) is 13.2 Å². The molecule has 0 unspecified atom stereocenters. The number of anilines is 2. The van der Waals surface area contributed by atoms with Crippen molar-refractivity contribution < 1.29 is 22.7 Å². The first kappa shape index (κ1) is 20.6. The van der Waals surface area contributed by atoms with Crippen molar-refractivity contribution >= 4 is 27.3 Å². The van der Waals surface area contributed by atoms with Gasteiger partial charge in [0.15, 0.2) is 0 Å². The fourth-order valence-corrected chi connectivity index (χ4v) is 3.97. The van der Waals surface area contributed by atoms with E-state index in [2.05, 4.69) is 5.32 Å². The molecule has 0 aliphatic carbocycles. The summed E-state index contributed by atoms with van der Waals surface area (Å²) in [4.78, 5) is 12.9. The Morgan fingerprint density at radius 2 is 1.70 bits per heavy atom. The molecule has 0 aliphatic heterocycles. The van der Waals surface area contributed by atoms with Gasteiger partial charge in [-0.2, -0.15) is 0 Å². The van der Waals surface area contributed by atoms with Crippen molar-refractivity contribution in [1.29, 1.82) is 0 Å². The number of para-hydroxylation sites is 2. The van der Waals surface area contributed by atoms with Gasteiger partial charge in [-0.1, -0.05) is 19.1 Å². The Hall–Kier alpha value is -2.74. The second-order valence-corrected chi connectivity index (χ2v) is 7.73. The van der Waals surface area contributed by atoms with Crippen molar-refractivity contribution in [1.82, 2.24) is 0 Å². The molecule has 27 heavy (non-hydrogen) atoms. The van der Waals surface area contributed by atoms with Crippen LogP contribution in [0.15, 0.2) is 48.5 Å². The van der Waals surface area contributed by atoms with Crippen LogP contribution in [0.5, 0.6) is 11.5 Å². The highest BCUT2D eigenvalue weighted by Crippen LogP contribution is 2.27. The van der Waals surface area contributed by atoms with Crippen molar-refractivity contribution in [2.24, 2.45) is 0 Å². The highest BCUT2D eigenvalue weighted by Gasteiger charge is 2.31. The average molecular weight is 392 g/mol. The Bertz CT molecular complexity index is 881. The van der Waals surface area contributed by atoms with Crippen molar-refractivity contribution in [2.45, 2.75) is 19.4 Å². The monoisotopic (exact) mass is 392 g/mol. The summed E-state index contributed by atoms with van der Waals surface area (Å²) in [7, 11) is -0.672. The lowest BCUT2D eigenvalue weighted by Crippen LogP contribution is -2.47. The summed E-state index contributed by atoms with van der Waals surface area (Å²) in [5.41, 5.74) is 0.868. The highest BCUT2D eigenvalue weighted by molar-refractivity contribution is 7.92. The van der Waals surface area contributed by atoms with Crippen molar-refractivity contribution in [3.05, 3.63) is 48.5 Å². The zero-order valence-electron chi connectivity index (χ0n) is 15.8. The maximum absolute atomic E-state index is 12.9. The van der Waals surface area contributed by atoms with Gasteiger partial charge < -0.3 is 14.8 Å². The molecule has 1 atom stereocenters. The van der Waals surface area contributed by atoms with Crippen molar-refractivity contribution in [3.63, 3.8) is 0 Å². The van der Waals surface area contributed by atoms with Gasteiger partial charge in [-0.05, 0) is 42.8 Å². The molecule has 0 bridgehead atoms. The molecular weight excluding hydrogens is 368 g/mol. The van der Waals surface area contributed by atoms with Crippen molar-refractivity contribution in [2.75, 3.05) is 30.1 Å². The van der Waals surface area contributed by atoms with Crippen LogP contribution >= 0.6 is 0 Å². The second kappa shape index (κ2) is 8.77. The highest BCUT2D eigenvalue weighted by atomic mass is 32.2. The molecule has 0 heterocycles. The molecule has 0 aromatic heterocycles. The Labute approximate surface area is 160 Å². The van der Waals surface area contributed by atoms with Gasteiger partial charge in [-0.25, -0.2) is 8.42 Å². The predicted molar refractivity (Wildman–Crippen MR) is 106 cm³/mol. The van der Waals surface area contributed by atoms with E-state index in [1.807, 2.05) is 0 Å². The van der Waals surface area contributed by atoms with E-state index in [0.717, 1.165) is 10.6 Å². The first-order valence-corrected chi connectivity index (χ1v) is 10.2. The van der Waals surface area contributed by atoms with Crippen LogP contribution in [0.25, 0.3) is 0 Å². The van der Waals surface area contributed by atoms with E-state index in [-0.39, 0.29) is 0 Å². The summed E-state index contributed by atoms with van der Waals surface area (Å²) in [5, 5.41) is 2.76. The number of hydrogen-bond donors (Lipinski definition) is 1. The number of nitrogens with zero attached hydrogens (tertiary/aromatic N) is 1. The number of rotatable bonds is 8. The summed E-state index contributed by atoms with van der Waals surface area (Å²) >= 11 is 0. The second-order valence-electron chi connectivity index (χ2n) is 5.87. The molecule has 0 spiro atoms. The van der Waals surface area contributed by atoms with Gasteiger partial charge in [-0.15, -0.1) is 0 Å². The Morgan fingerprint density at radius 3 is 2.22 bits per heavy atom. The minimum atomic E-state index is -3.70. The summed E-state index contributed by atoms with van der Waals surface area (Å²) in [6.45, 7) is 1.76. The zero-order valence-corrected chi connectivity index (χ0v) is 16.6. The minimum absolute atomic E-state index is 0.292. The maximum Gasteiger partial charge on any atom is 0.248 e. The van der Waals surface area contributed by atoms with E-state index >= 15 is 0 Å². The smallest absolute Gasteiger partial charge is 0.248 e. The SMILES string of the molecule is CC[C@@H](C(=O)Nc1ccccc1OC)N(c1ccc(OC)cc1)S(C)(=O)=O. The number of methoxy groups -OCH3 is 2. The normalized spacial score (nSPS) is 12.1. The number of ether oxygens (including phenoxy) is 2. The average Bonchev–Trinajstić information content (AvgIpc) is 2.65. The molecule has 0 fully saturated rings. The van der Waals surface area contributed by atoms with Gasteiger partial charge in [0.1, 0.15) is 17.5 Å². The summed E-state index contributed by atoms with van der Waals surface area (Å²) in [6, 6.07) is 12.6. The minimum Gasteiger partial charge on any atom is -0.497 e. The first-order valence-electron chi connectivity index (χ1n) is 8.39. The van der Waals surface area contributed by atoms with Crippen LogP contribution in [0.2, 0.25) is 0 Å². The number of nitrogens with one attached hydrogen (secondary N) is 1. The Morgan fingerprint density at radius 1 is 1.07 bits per heavy atom. The van der Waals surface area contributed by atoms with Gasteiger partial charge in [0.25, 0.3) is 0 Å². The van der Waals surface area contributed by atoms with Crippen molar-refractivity contribution in [3.8, 4) is 11.5 Å². The van der Waals surface area contributed by atoms with Crippen LogP contribution in [0.1, 0.15) is 13.3 Å². The van der Waals surface area contributed by atoms with Gasteiger partial charge in [0.05, 0.1) is 31.9 Å². The fourth-order valence-electron chi connectivity index (χ4n) is 2.75. The van der Waals surface area contributed by atoms with Gasteiger partial charge in [0.2, 0.25) is 15.9 Å². The molecule has 2 aromatic rings. The van der Waals surface area contributed by atoms with E-state index < -0.39 is 22.0 Å². The quantitative estimate of drug-likeness (QED) is 0.747. The van der Waals surface area contributed by atoms with Crippen LogP contribution in [-0.2, 0) is 14.8 Å². The number of hydrogen-bond acceptors (Lipinski definition) is 5. The molecule has 2 aromatic carbocycles. The Kier molecular flexibility index (Phi) is 6.68. The third kappa shape index (κ3) is 4.91. The lowest BCUT2D eigenvalue weighted by atomic mass is 10.1. The number of carbonyl (C=O) groups excluding carboxylic acids is 1. The van der Waals surface area contributed by atoms with Gasteiger partial charge in [-0.3, -0.25) is 9.10 Å². The van der Waals surface area contributed by atoms with Crippen LogP contribution in [-0.4, -0.2) is 40.8 Å². The molecule has 0 aliphatic rings. The van der Waals surface area contributed by atoms with Crippen LogP contribution in [0.3, 0.4) is 0 Å².